The van der Waals surface area contributed by atoms with Crippen LogP contribution in [0.2, 0.25) is 0 Å². The van der Waals surface area contributed by atoms with Crippen molar-refractivity contribution in [2.45, 2.75) is 69.4 Å². The number of rotatable bonds is 4. The fourth-order valence-electron chi connectivity index (χ4n) is 4.06. The highest BCUT2D eigenvalue weighted by molar-refractivity contribution is 7.99. The molecule has 1 aliphatic carbocycles. The summed E-state index contributed by atoms with van der Waals surface area (Å²) in [5, 5.41) is 7.68. The lowest BCUT2D eigenvalue weighted by Gasteiger charge is -2.29. The van der Waals surface area contributed by atoms with Gasteiger partial charge in [-0.15, -0.1) is 23.1 Å². The second kappa shape index (κ2) is 9.18. The zero-order valence-corrected chi connectivity index (χ0v) is 19.6. The number of aryl methyl sites for hydroxylation is 1. The molecular weight excluding hydrogens is 414 g/mol. The van der Waals surface area contributed by atoms with Crippen LogP contribution in [0.1, 0.15) is 51.3 Å². The van der Waals surface area contributed by atoms with Crippen molar-refractivity contribution >= 4 is 34.3 Å². The highest BCUT2D eigenvalue weighted by Gasteiger charge is 2.25. The molecule has 0 bridgehead atoms. The van der Waals surface area contributed by atoms with Gasteiger partial charge in [-0.05, 0) is 64.9 Å². The van der Waals surface area contributed by atoms with E-state index in [1.165, 1.54) is 21.0 Å². The number of benzene rings is 1. The molecule has 0 atom stereocenters. The first-order chi connectivity index (χ1) is 14.4. The topological polar surface area (TPSA) is 63.2 Å². The summed E-state index contributed by atoms with van der Waals surface area (Å²) in [6.07, 6.45) is 5.20. The first kappa shape index (κ1) is 21.5. The molecule has 0 radical (unpaired) electrons. The van der Waals surface area contributed by atoms with E-state index in [4.69, 9.17) is 9.72 Å². The minimum atomic E-state index is -0.448. The van der Waals surface area contributed by atoms with E-state index in [2.05, 4.69) is 34.9 Å². The maximum atomic E-state index is 11.9. The third-order valence-electron chi connectivity index (χ3n) is 5.53. The van der Waals surface area contributed by atoms with Crippen LogP contribution < -0.4 is 10.6 Å². The molecule has 7 heteroatoms. The molecule has 0 saturated heterocycles. The summed E-state index contributed by atoms with van der Waals surface area (Å²) in [5.41, 5.74) is 1.99. The Bertz CT molecular complexity index is 883. The molecule has 1 fully saturated rings. The Kier molecular flexibility index (Phi) is 6.58. The molecule has 30 heavy (non-hydrogen) atoms. The zero-order chi connectivity index (χ0) is 21.1. The van der Waals surface area contributed by atoms with Crippen molar-refractivity contribution in [1.29, 1.82) is 0 Å². The highest BCUT2D eigenvalue weighted by Crippen LogP contribution is 2.41. The zero-order valence-electron chi connectivity index (χ0n) is 18.0. The van der Waals surface area contributed by atoms with Gasteiger partial charge in [0.25, 0.3) is 0 Å². The number of carbonyl (C=O) groups is 1. The number of thiazole rings is 1. The minimum absolute atomic E-state index is 0.314. The molecule has 0 unspecified atom stereocenters. The van der Waals surface area contributed by atoms with Gasteiger partial charge >= 0.3 is 6.09 Å². The molecule has 2 aliphatic rings. The van der Waals surface area contributed by atoms with Crippen molar-refractivity contribution in [1.82, 2.24) is 10.3 Å². The summed E-state index contributed by atoms with van der Waals surface area (Å²) in [5.74, 6) is 1.63. The molecule has 1 saturated carbocycles. The van der Waals surface area contributed by atoms with Crippen LogP contribution in [0.25, 0.3) is 11.3 Å². The summed E-state index contributed by atoms with van der Waals surface area (Å²) in [6.45, 7) is 6.36. The fourth-order valence-corrected chi connectivity index (χ4v) is 6.27. The van der Waals surface area contributed by atoms with E-state index in [9.17, 15) is 4.79 Å². The Morgan fingerprint density at radius 3 is 2.73 bits per heavy atom. The monoisotopic (exact) mass is 445 g/mol. The first-order valence-corrected chi connectivity index (χ1v) is 12.6. The van der Waals surface area contributed by atoms with Crippen molar-refractivity contribution in [3.05, 3.63) is 29.1 Å². The van der Waals surface area contributed by atoms with Gasteiger partial charge in [-0.1, -0.05) is 18.2 Å². The lowest BCUT2D eigenvalue weighted by Crippen LogP contribution is -2.37. The largest absolute Gasteiger partial charge is 0.444 e. The van der Waals surface area contributed by atoms with Crippen LogP contribution >= 0.6 is 23.1 Å². The van der Waals surface area contributed by atoms with Gasteiger partial charge in [-0.3, -0.25) is 0 Å². The molecule has 5 nitrogen and oxygen atoms in total. The minimum Gasteiger partial charge on any atom is -0.444 e. The molecule has 4 rings (SSSR count). The Balaban J connectivity index is 1.29. The van der Waals surface area contributed by atoms with E-state index in [1.54, 1.807) is 0 Å². The van der Waals surface area contributed by atoms with Gasteiger partial charge in [0.1, 0.15) is 5.60 Å². The Morgan fingerprint density at radius 2 is 1.97 bits per heavy atom. The lowest BCUT2D eigenvalue weighted by molar-refractivity contribution is 0.0515. The normalized spacial score (nSPS) is 21.2. The van der Waals surface area contributed by atoms with E-state index >= 15 is 0 Å². The second-order valence-corrected chi connectivity index (χ2v) is 11.4. The molecule has 2 aromatic rings. The van der Waals surface area contributed by atoms with Crippen LogP contribution in [-0.2, 0) is 11.2 Å². The smallest absolute Gasteiger partial charge is 0.407 e. The van der Waals surface area contributed by atoms with Gasteiger partial charge < -0.3 is 15.4 Å². The first-order valence-electron chi connectivity index (χ1n) is 10.8. The number of amides is 1. The number of fused-ring (bicyclic) bond motifs is 3. The van der Waals surface area contributed by atoms with E-state index in [1.807, 2.05) is 43.9 Å². The predicted octanol–water partition coefficient (Wildman–Crippen LogP) is 5.95. The lowest BCUT2D eigenvalue weighted by atomic mass is 9.86. The molecule has 1 aromatic heterocycles. The molecule has 1 aromatic carbocycles. The van der Waals surface area contributed by atoms with Crippen molar-refractivity contribution < 1.29 is 9.53 Å². The number of alkyl carbamates (subject to hydrolysis) is 1. The summed E-state index contributed by atoms with van der Waals surface area (Å²) in [6, 6.07) is 9.07. The van der Waals surface area contributed by atoms with Gasteiger partial charge in [-0.2, -0.15) is 0 Å². The molecule has 2 heterocycles. The Hall–Kier alpha value is -1.73. The van der Waals surface area contributed by atoms with Gasteiger partial charge in [0.15, 0.2) is 5.13 Å². The number of hydrogen-bond donors (Lipinski definition) is 2. The maximum absolute atomic E-state index is 11.9. The van der Waals surface area contributed by atoms with Crippen LogP contribution in [0.15, 0.2) is 29.2 Å². The Morgan fingerprint density at radius 1 is 1.20 bits per heavy atom. The number of hydrogen-bond acceptors (Lipinski definition) is 6. The summed E-state index contributed by atoms with van der Waals surface area (Å²) in [4.78, 5) is 19.6. The molecule has 2 N–H and O–H groups in total. The average molecular weight is 446 g/mol. The quantitative estimate of drug-likeness (QED) is 0.608. The summed E-state index contributed by atoms with van der Waals surface area (Å²) < 4.78 is 5.33. The highest BCUT2D eigenvalue weighted by atomic mass is 32.2. The van der Waals surface area contributed by atoms with Crippen molar-refractivity contribution in [3.63, 3.8) is 0 Å². The van der Waals surface area contributed by atoms with Gasteiger partial charge in [-0.25, -0.2) is 9.78 Å². The van der Waals surface area contributed by atoms with Gasteiger partial charge in [0, 0.05) is 33.7 Å². The second-order valence-electron chi connectivity index (χ2n) is 9.13. The Labute approximate surface area is 187 Å². The van der Waals surface area contributed by atoms with Gasteiger partial charge in [0.2, 0.25) is 0 Å². The molecule has 0 spiro atoms. The van der Waals surface area contributed by atoms with Crippen LogP contribution in [0.3, 0.4) is 0 Å². The third kappa shape index (κ3) is 5.49. The molecular formula is C23H31N3O2S2. The average Bonchev–Trinajstić information content (AvgIpc) is 3.01. The molecule has 1 amide bonds. The maximum Gasteiger partial charge on any atom is 0.407 e. The fraction of sp³-hybridized carbons (Fsp3) is 0.565. The predicted molar refractivity (Wildman–Crippen MR) is 126 cm³/mol. The third-order valence-corrected chi connectivity index (χ3v) is 7.66. The van der Waals surface area contributed by atoms with E-state index in [-0.39, 0.29) is 6.09 Å². The van der Waals surface area contributed by atoms with Crippen molar-refractivity contribution in [3.8, 4) is 11.3 Å². The number of thioether (sulfide) groups is 1. The van der Waals surface area contributed by atoms with Crippen LogP contribution in [0, 0.1) is 5.92 Å². The number of ether oxygens (including phenoxy) is 1. The van der Waals surface area contributed by atoms with Crippen LogP contribution in [-0.4, -0.2) is 35.0 Å². The SMILES string of the molecule is CC(C)(C)OC(=O)NC[C@H]1CC[C@H](Nc2nc3c(s2)CCSc2ccccc2-3)CC1. The van der Waals surface area contributed by atoms with Gasteiger partial charge in [0.05, 0.1) is 5.69 Å². The van der Waals surface area contributed by atoms with E-state index in [0.29, 0.717) is 18.5 Å². The molecule has 162 valence electrons. The van der Waals surface area contributed by atoms with E-state index in [0.717, 1.165) is 43.0 Å². The van der Waals surface area contributed by atoms with Crippen molar-refractivity contribution in [2.75, 3.05) is 17.6 Å². The van der Waals surface area contributed by atoms with E-state index < -0.39 is 5.60 Å². The van der Waals surface area contributed by atoms with Crippen LogP contribution in [0.5, 0.6) is 0 Å². The number of aromatic nitrogens is 1. The standard InChI is InChI=1S/C23H31N3O2S2/c1-23(2,3)28-22(27)24-14-15-8-10-16(11-9-15)25-21-26-20-17-6-4-5-7-18(17)29-13-12-19(20)30-21/h4-7,15-16H,8-14H2,1-3H3,(H,24,27)(H,25,26)/t15-,16-. The van der Waals surface area contributed by atoms with Crippen molar-refractivity contribution in [2.24, 2.45) is 5.92 Å². The molecule has 1 aliphatic heterocycles. The van der Waals surface area contributed by atoms with Crippen LogP contribution in [0.4, 0.5) is 9.93 Å². The number of nitrogens with one attached hydrogen (secondary N) is 2. The number of nitrogens with zero attached hydrogens (tertiary/aromatic N) is 1. The number of anilines is 1. The number of carbonyl (C=O) groups excluding carboxylic acids is 1. The summed E-state index contributed by atoms with van der Waals surface area (Å²) in [7, 11) is 0. The summed E-state index contributed by atoms with van der Waals surface area (Å²) >= 11 is 3.75.